The minimum atomic E-state index is 0.226. The summed E-state index contributed by atoms with van der Waals surface area (Å²) < 4.78 is 0. The van der Waals surface area contributed by atoms with Crippen LogP contribution < -0.4 is 0 Å². The fourth-order valence-electron chi connectivity index (χ4n) is 3.06. The normalized spacial score (nSPS) is 32.9. The first kappa shape index (κ1) is 10.9. The van der Waals surface area contributed by atoms with Crippen LogP contribution in [0.3, 0.4) is 0 Å². The van der Waals surface area contributed by atoms with Crippen LogP contribution in [-0.4, -0.2) is 5.78 Å². The van der Waals surface area contributed by atoms with Crippen molar-refractivity contribution in [3.05, 3.63) is 11.6 Å². The van der Waals surface area contributed by atoms with Crippen molar-refractivity contribution < 1.29 is 4.79 Å². The van der Waals surface area contributed by atoms with Gasteiger partial charge >= 0.3 is 0 Å². The van der Waals surface area contributed by atoms with Gasteiger partial charge in [-0.1, -0.05) is 32.4 Å². The molecule has 0 N–H and O–H groups in total. The molecule has 2 aliphatic carbocycles. The third-order valence-electron chi connectivity index (χ3n) is 4.08. The van der Waals surface area contributed by atoms with E-state index in [0.717, 1.165) is 0 Å². The molecule has 0 radical (unpaired) electrons. The highest BCUT2D eigenvalue weighted by Crippen LogP contribution is 2.49. The molecule has 1 nitrogen and oxygen atoms in total. The predicted octanol–water partition coefficient (Wildman–Crippen LogP) is 3.74. The van der Waals surface area contributed by atoms with Crippen LogP contribution in [0.1, 0.15) is 52.9 Å². The van der Waals surface area contributed by atoms with Gasteiger partial charge in [0, 0.05) is 12.3 Å². The third kappa shape index (κ3) is 2.16. The van der Waals surface area contributed by atoms with Crippen molar-refractivity contribution in [2.75, 3.05) is 0 Å². The molecule has 0 saturated heterocycles. The molecule has 0 amide bonds. The lowest BCUT2D eigenvalue weighted by Crippen LogP contribution is -2.29. The number of rotatable bonds is 3. The Labute approximate surface area is 92.9 Å². The Morgan fingerprint density at radius 3 is 2.67 bits per heavy atom. The maximum atomic E-state index is 12.0. The highest BCUT2D eigenvalue weighted by atomic mass is 16.1. The maximum absolute atomic E-state index is 12.0. The molecule has 15 heavy (non-hydrogen) atoms. The van der Waals surface area contributed by atoms with Gasteiger partial charge in [-0.2, -0.15) is 0 Å². The van der Waals surface area contributed by atoms with Crippen LogP contribution >= 0.6 is 0 Å². The molecule has 0 aromatic carbocycles. The Bertz CT molecular complexity index is 292. The highest BCUT2D eigenvalue weighted by Gasteiger charge is 2.44. The molecular weight excluding hydrogens is 184 g/mol. The highest BCUT2D eigenvalue weighted by molar-refractivity contribution is 5.82. The molecule has 2 saturated carbocycles. The third-order valence-corrected chi connectivity index (χ3v) is 4.08. The van der Waals surface area contributed by atoms with Gasteiger partial charge in [0.1, 0.15) is 5.78 Å². The molecular formula is C14H22O. The Balaban J connectivity index is 2.17. The molecule has 0 aliphatic heterocycles. The summed E-state index contributed by atoms with van der Waals surface area (Å²) in [6.07, 6.45) is 8.10. The maximum Gasteiger partial charge on any atom is 0.136 e. The summed E-state index contributed by atoms with van der Waals surface area (Å²) in [5.41, 5.74) is 1.82. The number of allylic oxidation sites excluding steroid dienone is 2. The average Bonchev–Trinajstić information content (AvgIpc) is 2.92. The van der Waals surface area contributed by atoms with Gasteiger partial charge in [-0.3, -0.25) is 4.79 Å². The lowest BCUT2D eigenvalue weighted by atomic mass is 9.75. The Hall–Kier alpha value is -0.590. The van der Waals surface area contributed by atoms with Crippen molar-refractivity contribution in [1.82, 2.24) is 0 Å². The van der Waals surface area contributed by atoms with Crippen LogP contribution in [0.25, 0.3) is 0 Å². The summed E-state index contributed by atoms with van der Waals surface area (Å²) in [4.78, 5) is 12.0. The molecule has 0 heterocycles. The van der Waals surface area contributed by atoms with Crippen LogP contribution in [0.15, 0.2) is 11.6 Å². The van der Waals surface area contributed by atoms with E-state index in [1.807, 2.05) is 6.92 Å². The molecule has 1 unspecified atom stereocenters. The van der Waals surface area contributed by atoms with Gasteiger partial charge in [0.25, 0.3) is 0 Å². The smallest absolute Gasteiger partial charge is 0.136 e. The number of Topliss-reactive ketones (excluding diaryl/α,β-unsaturated/α-hetero) is 1. The lowest BCUT2D eigenvalue weighted by molar-refractivity contribution is -0.126. The molecule has 0 bridgehead atoms. The zero-order chi connectivity index (χ0) is 11.1. The van der Waals surface area contributed by atoms with Crippen LogP contribution in [0.5, 0.6) is 0 Å². The van der Waals surface area contributed by atoms with Crippen molar-refractivity contribution in [1.29, 1.82) is 0 Å². The largest absolute Gasteiger partial charge is 0.299 e. The topological polar surface area (TPSA) is 17.1 Å². The van der Waals surface area contributed by atoms with Gasteiger partial charge in [0.05, 0.1) is 0 Å². The number of hydrogen-bond donors (Lipinski definition) is 0. The van der Waals surface area contributed by atoms with Gasteiger partial charge in [0.15, 0.2) is 0 Å². The summed E-state index contributed by atoms with van der Waals surface area (Å²) >= 11 is 0. The van der Waals surface area contributed by atoms with Gasteiger partial charge in [-0.25, -0.2) is 0 Å². The fraction of sp³-hybridized carbons (Fsp3) is 0.786. The second-order valence-corrected chi connectivity index (χ2v) is 5.81. The van der Waals surface area contributed by atoms with E-state index in [-0.39, 0.29) is 11.3 Å². The summed E-state index contributed by atoms with van der Waals surface area (Å²) in [6, 6.07) is 0. The zero-order valence-corrected chi connectivity index (χ0v) is 10.2. The Morgan fingerprint density at radius 2 is 2.13 bits per heavy atom. The van der Waals surface area contributed by atoms with Crippen molar-refractivity contribution in [2.24, 2.45) is 17.3 Å². The first-order valence-electron chi connectivity index (χ1n) is 6.27. The standard InChI is InChI=1S/C14H22O/c1-4-12(15)13-11(9-10-5-6-10)7-8-14(13,2)3/h9,11,13H,4-8H2,1-3H3/t11-,13?/m1/s1. The minimum absolute atomic E-state index is 0.226. The quantitative estimate of drug-likeness (QED) is 0.643. The minimum Gasteiger partial charge on any atom is -0.299 e. The van der Waals surface area contributed by atoms with E-state index in [1.54, 1.807) is 5.57 Å². The summed E-state index contributed by atoms with van der Waals surface area (Å²) in [5, 5.41) is 0. The monoisotopic (exact) mass is 206 g/mol. The molecule has 84 valence electrons. The molecule has 2 atom stereocenters. The molecule has 0 aromatic heterocycles. The second kappa shape index (κ2) is 3.77. The Kier molecular flexibility index (Phi) is 2.74. The second-order valence-electron chi connectivity index (χ2n) is 5.81. The van der Waals surface area contributed by atoms with Gasteiger partial charge in [-0.05, 0) is 37.0 Å². The number of carbonyl (C=O) groups is 1. The number of carbonyl (C=O) groups excluding carboxylic acids is 1. The van der Waals surface area contributed by atoms with Crippen LogP contribution in [0.2, 0.25) is 0 Å². The molecule has 0 aromatic rings. The van der Waals surface area contributed by atoms with E-state index >= 15 is 0 Å². The number of hydrogen-bond acceptors (Lipinski definition) is 1. The van der Waals surface area contributed by atoms with Crippen molar-refractivity contribution in [2.45, 2.75) is 52.9 Å². The van der Waals surface area contributed by atoms with E-state index in [2.05, 4.69) is 19.9 Å². The first-order chi connectivity index (χ1) is 7.04. The zero-order valence-electron chi connectivity index (χ0n) is 10.2. The van der Waals surface area contributed by atoms with Gasteiger partial charge in [-0.15, -0.1) is 0 Å². The molecule has 1 heteroatoms. The molecule has 2 rings (SSSR count). The summed E-state index contributed by atoms with van der Waals surface area (Å²) in [6.45, 7) is 6.52. The SMILES string of the molecule is CCC(=O)C1[C@@H](C=C2CC2)CCC1(C)C. The van der Waals surface area contributed by atoms with Gasteiger partial charge < -0.3 is 0 Å². The summed E-state index contributed by atoms with van der Waals surface area (Å²) in [5.74, 6) is 1.31. The lowest BCUT2D eigenvalue weighted by Gasteiger charge is -2.28. The van der Waals surface area contributed by atoms with E-state index < -0.39 is 0 Å². The predicted molar refractivity (Wildman–Crippen MR) is 62.6 cm³/mol. The van der Waals surface area contributed by atoms with Crippen molar-refractivity contribution >= 4 is 5.78 Å². The summed E-state index contributed by atoms with van der Waals surface area (Å²) in [7, 11) is 0. The van der Waals surface area contributed by atoms with E-state index in [1.165, 1.54) is 25.7 Å². The van der Waals surface area contributed by atoms with Crippen LogP contribution in [-0.2, 0) is 4.79 Å². The Morgan fingerprint density at radius 1 is 1.47 bits per heavy atom. The van der Waals surface area contributed by atoms with Crippen molar-refractivity contribution in [3.8, 4) is 0 Å². The number of ketones is 1. The molecule has 0 spiro atoms. The van der Waals surface area contributed by atoms with E-state index in [9.17, 15) is 4.79 Å². The molecule has 2 aliphatic rings. The average molecular weight is 206 g/mol. The van der Waals surface area contributed by atoms with E-state index in [4.69, 9.17) is 0 Å². The van der Waals surface area contributed by atoms with Crippen LogP contribution in [0, 0.1) is 17.3 Å². The van der Waals surface area contributed by atoms with Crippen LogP contribution in [0.4, 0.5) is 0 Å². The first-order valence-corrected chi connectivity index (χ1v) is 6.27. The van der Waals surface area contributed by atoms with Crippen molar-refractivity contribution in [3.63, 3.8) is 0 Å². The van der Waals surface area contributed by atoms with E-state index in [0.29, 0.717) is 18.1 Å². The van der Waals surface area contributed by atoms with Gasteiger partial charge in [0.2, 0.25) is 0 Å². The molecule has 2 fully saturated rings. The fourth-order valence-corrected chi connectivity index (χ4v) is 3.06.